The lowest BCUT2D eigenvalue weighted by Crippen LogP contribution is -2.27. The Bertz CT molecular complexity index is 481. The van der Waals surface area contributed by atoms with Gasteiger partial charge in [-0.3, -0.25) is 0 Å². The SMILES string of the molecule is CC1CNc2cc(S(C)(=O)=O)ccc2O1. The Morgan fingerprint density at radius 3 is 2.87 bits per heavy atom. The first kappa shape index (κ1) is 10.3. The number of rotatable bonds is 1. The highest BCUT2D eigenvalue weighted by molar-refractivity contribution is 7.90. The van der Waals surface area contributed by atoms with Gasteiger partial charge in [-0.1, -0.05) is 0 Å². The first-order valence-corrected chi connectivity index (χ1v) is 6.60. The van der Waals surface area contributed by atoms with E-state index in [0.717, 1.165) is 5.69 Å². The molecule has 1 N–H and O–H groups in total. The molecule has 5 heteroatoms. The van der Waals surface area contributed by atoms with Crippen molar-refractivity contribution >= 4 is 15.5 Å². The van der Waals surface area contributed by atoms with Crippen molar-refractivity contribution in [2.45, 2.75) is 17.9 Å². The lowest BCUT2D eigenvalue weighted by molar-refractivity contribution is 0.226. The normalized spacial score (nSPS) is 20.0. The molecule has 1 aromatic carbocycles. The molecule has 15 heavy (non-hydrogen) atoms. The predicted octanol–water partition coefficient (Wildman–Crippen LogP) is 1.28. The van der Waals surface area contributed by atoms with Gasteiger partial charge in [-0.15, -0.1) is 0 Å². The van der Waals surface area contributed by atoms with Gasteiger partial charge in [-0.2, -0.15) is 0 Å². The number of fused-ring (bicyclic) bond motifs is 1. The minimum absolute atomic E-state index is 0.113. The monoisotopic (exact) mass is 227 g/mol. The van der Waals surface area contributed by atoms with Crippen LogP contribution in [0.3, 0.4) is 0 Å². The maximum atomic E-state index is 11.3. The molecule has 0 saturated carbocycles. The molecule has 1 atom stereocenters. The van der Waals surface area contributed by atoms with Crippen molar-refractivity contribution in [1.82, 2.24) is 0 Å². The van der Waals surface area contributed by atoms with Crippen LogP contribution in [0.2, 0.25) is 0 Å². The second-order valence-electron chi connectivity index (χ2n) is 3.74. The summed E-state index contributed by atoms with van der Waals surface area (Å²) in [4.78, 5) is 0.312. The molecule has 0 radical (unpaired) electrons. The summed E-state index contributed by atoms with van der Waals surface area (Å²) in [7, 11) is -3.15. The van der Waals surface area contributed by atoms with Gasteiger partial charge >= 0.3 is 0 Å². The van der Waals surface area contributed by atoms with Gasteiger partial charge in [0.1, 0.15) is 11.9 Å². The van der Waals surface area contributed by atoms with E-state index in [0.29, 0.717) is 17.2 Å². The minimum Gasteiger partial charge on any atom is -0.487 e. The van der Waals surface area contributed by atoms with Crippen LogP contribution in [-0.4, -0.2) is 27.3 Å². The number of hydrogen-bond donors (Lipinski definition) is 1. The quantitative estimate of drug-likeness (QED) is 0.785. The smallest absolute Gasteiger partial charge is 0.175 e. The highest BCUT2D eigenvalue weighted by Crippen LogP contribution is 2.31. The lowest BCUT2D eigenvalue weighted by atomic mass is 10.2. The third kappa shape index (κ3) is 2.07. The van der Waals surface area contributed by atoms with Crippen molar-refractivity contribution in [3.8, 4) is 5.75 Å². The van der Waals surface area contributed by atoms with E-state index in [1.165, 1.54) is 6.26 Å². The third-order valence-corrected chi connectivity index (χ3v) is 3.40. The van der Waals surface area contributed by atoms with Gasteiger partial charge in [0.15, 0.2) is 9.84 Å². The molecule has 4 nitrogen and oxygen atoms in total. The molecule has 0 saturated heterocycles. The summed E-state index contributed by atoms with van der Waals surface area (Å²) in [6, 6.07) is 4.86. The molecule has 1 unspecified atom stereocenters. The van der Waals surface area contributed by atoms with Crippen molar-refractivity contribution in [2.24, 2.45) is 0 Å². The van der Waals surface area contributed by atoms with Crippen molar-refractivity contribution in [2.75, 3.05) is 18.1 Å². The summed E-state index contributed by atoms with van der Waals surface area (Å²) in [5, 5.41) is 3.14. The highest BCUT2D eigenvalue weighted by atomic mass is 32.2. The molecule has 0 fully saturated rings. The van der Waals surface area contributed by atoms with Crippen molar-refractivity contribution < 1.29 is 13.2 Å². The van der Waals surface area contributed by atoms with Crippen LogP contribution in [0.15, 0.2) is 23.1 Å². The molecule has 1 heterocycles. The Morgan fingerprint density at radius 2 is 2.20 bits per heavy atom. The fraction of sp³-hybridized carbons (Fsp3) is 0.400. The number of anilines is 1. The first-order chi connectivity index (χ1) is 6.97. The van der Waals surface area contributed by atoms with Gasteiger partial charge in [0, 0.05) is 6.26 Å². The topological polar surface area (TPSA) is 55.4 Å². The standard InChI is InChI=1S/C10H13NO3S/c1-7-6-11-9-5-8(15(2,12)13)3-4-10(9)14-7/h3-5,7,11H,6H2,1-2H3. The molecule has 1 aliphatic heterocycles. The molecule has 1 aromatic rings. The first-order valence-electron chi connectivity index (χ1n) is 4.71. The molecule has 0 amide bonds. The van der Waals surface area contributed by atoms with E-state index in [1.54, 1.807) is 18.2 Å². The van der Waals surface area contributed by atoms with E-state index in [2.05, 4.69) is 5.32 Å². The average molecular weight is 227 g/mol. The Morgan fingerprint density at radius 1 is 1.47 bits per heavy atom. The van der Waals surface area contributed by atoms with E-state index >= 15 is 0 Å². The van der Waals surface area contributed by atoms with Crippen LogP contribution in [-0.2, 0) is 9.84 Å². The van der Waals surface area contributed by atoms with Crippen LogP contribution in [0.4, 0.5) is 5.69 Å². The summed E-state index contributed by atoms with van der Waals surface area (Å²) >= 11 is 0. The van der Waals surface area contributed by atoms with Crippen LogP contribution < -0.4 is 10.1 Å². The van der Waals surface area contributed by atoms with Crippen LogP contribution in [0.25, 0.3) is 0 Å². The van der Waals surface area contributed by atoms with Gasteiger partial charge in [0.2, 0.25) is 0 Å². The maximum absolute atomic E-state index is 11.3. The fourth-order valence-corrected chi connectivity index (χ4v) is 2.14. The van der Waals surface area contributed by atoms with E-state index in [1.807, 2.05) is 6.92 Å². The lowest BCUT2D eigenvalue weighted by Gasteiger charge is -2.24. The average Bonchev–Trinajstić information content (AvgIpc) is 2.15. The number of nitrogens with one attached hydrogen (secondary N) is 1. The van der Waals surface area contributed by atoms with E-state index in [4.69, 9.17) is 4.74 Å². The second kappa shape index (κ2) is 3.41. The predicted molar refractivity (Wildman–Crippen MR) is 58.1 cm³/mol. The molecule has 0 aromatic heterocycles. The molecule has 2 rings (SSSR count). The summed E-state index contributed by atoms with van der Waals surface area (Å²) < 4.78 is 28.2. The van der Waals surface area contributed by atoms with Crippen molar-refractivity contribution in [1.29, 1.82) is 0 Å². The molecule has 0 spiro atoms. The number of sulfone groups is 1. The fourth-order valence-electron chi connectivity index (χ4n) is 1.49. The minimum atomic E-state index is -3.15. The summed E-state index contributed by atoms with van der Waals surface area (Å²) in [6.45, 7) is 2.65. The Hall–Kier alpha value is -1.23. The zero-order valence-corrected chi connectivity index (χ0v) is 9.47. The van der Waals surface area contributed by atoms with Gasteiger partial charge in [-0.25, -0.2) is 8.42 Å². The summed E-state index contributed by atoms with van der Waals surface area (Å²) in [6.07, 6.45) is 1.31. The van der Waals surface area contributed by atoms with Gasteiger partial charge in [0.25, 0.3) is 0 Å². The van der Waals surface area contributed by atoms with Crippen LogP contribution in [0.5, 0.6) is 5.75 Å². The molecule has 1 aliphatic rings. The Balaban J connectivity index is 2.44. The molecule has 0 bridgehead atoms. The van der Waals surface area contributed by atoms with E-state index in [-0.39, 0.29) is 6.10 Å². The van der Waals surface area contributed by atoms with Crippen molar-refractivity contribution in [3.05, 3.63) is 18.2 Å². The molecular weight excluding hydrogens is 214 g/mol. The van der Waals surface area contributed by atoms with Gasteiger partial charge < -0.3 is 10.1 Å². The highest BCUT2D eigenvalue weighted by Gasteiger charge is 2.17. The Labute approximate surface area is 89.2 Å². The third-order valence-electron chi connectivity index (χ3n) is 2.29. The molecular formula is C10H13NO3S. The summed E-state index contributed by atoms with van der Waals surface area (Å²) in [5.74, 6) is 0.709. The summed E-state index contributed by atoms with van der Waals surface area (Å²) in [5.41, 5.74) is 0.746. The Kier molecular flexibility index (Phi) is 2.34. The van der Waals surface area contributed by atoms with Gasteiger partial charge in [0.05, 0.1) is 17.1 Å². The molecule has 82 valence electrons. The van der Waals surface area contributed by atoms with E-state index in [9.17, 15) is 8.42 Å². The van der Waals surface area contributed by atoms with Crippen LogP contribution in [0.1, 0.15) is 6.92 Å². The largest absolute Gasteiger partial charge is 0.487 e. The van der Waals surface area contributed by atoms with Crippen molar-refractivity contribution in [3.63, 3.8) is 0 Å². The van der Waals surface area contributed by atoms with Gasteiger partial charge in [-0.05, 0) is 25.1 Å². The molecule has 0 aliphatic carbocycles. The van der Waals surface area contributed by atoms with Crippen LogP contribution >= 0.6 is 0 Å². The number of ether oxygens (including phenoxy) is 1. The maximum Gasteiger partial charge on any atom is 0.175 e. The number of benzene rings is 1. The number of hydrogen-bond acceptors (Lipinski definition) is 4. The zero-order valence-electron chi connectivity index (χ0n) is 8.65. The second-order valence-corrected chi connectivity index (χ2v) is 5.76. The zero-order chi connectivity index (χ0) is 11.1. The van der Waals surface area contributed by atoms with E-state index < -0.39 is 9.84 Å². The van der Waals surface area contributed by atoms with Crippen LogP contribution in [0, 0.1) is 0 Å².